The van der Waals surface area contributed by atoms with Gasteiger partial charge in [-0.15, -0.1) is 11.3 Å². The quantitative estimate of drug-likeness (QED) is 0.522. The van der Waals surface area contributed by atoms with Crippen molar-refractivity contribution in [2.75, 3.05) is 12.4 Å². The van der Waals surface area contributed by atoms with Gasteiger partial charge in [-0.2, -0.15) is 0 Å². The van der Waals surface area contributed by atoms with Crippen LogP contribution in [0.15, 0.2) is 47.8 Å². The number of methoxy groups -OCH3 is 1. The van der Waals surface area contributed by atoms with E-state index in [0.29, 0.717) is 16.1 Å². The Hall–Kier alpha value is -2.34. The normalized spacial score (nSPS) is 10.5. The number of halogens is 2. The summed E-state index contributed by atoms with van der Waals surface area (Å²) in [6.45, 7) is 1.98. The van der Waals surface area contributed by atoms with Gasteiger partial charge in [0, 0.05) is 10.9 Å². The summed E-state index contributed by atoms with van der Waals surface area (Å²) in [7, 11) is 1.30. The number of hydrogen-bond donors (Lipinski definition) is 1. The van der Waals surface area contributed by atoms with Gasteiger partial charge in [-0.25, -0.2) is 4.79 Å². The highest BCUT2D eigenvalue weighted by Gasteiger charge is 2.24. The molecule has 0 fully saturated rings. The van der Waals surface area contributed by atoms with E-state index in [9.17, 15) is 9.59 Å². The third-order valence-corrected chi connectivity index (χ3v) is 5.49. The van der Waals surface area contributed by atoms with E-state index in [4.69, 9.17) is 27.9 Å². The van der Waals surface area contributed by atoms with Crippen LogP contribution < -0.4 is 5.32 Å². The maximum Gasteiger partial charge on any atom is 0.341 e. The standard InChI is InChI=1S/C20H15Cl2NO3S/c1-11-6-8-12(9-7-11)13-10-27-19(16(13)20(25)26-2)23-18(24)17-14(21)4-3-5-15(17)22/h3-10H,1-2H3,(H,23,24). The second-order valence-corrected chi connectivity index (χ2v) is 7.46. The minimum Gasteiger partial charge on any atom is -0.465 e. The molecule has 3 rings (SSSR count). The monoisotopic (exact) mass is 419 g/mol. The van der Waals surface area contributed by atoms with Crippen LogP contribution in [0.3, 0.4) is 0 Å². The maximum absolute atomic E-state index is 12.7. The Morgan fingerprint density at radius 2 is 1.63 bits per heavy atom. The van der Waals surface area contributed by atoms with Gasteiger partial charge in [0.1, 0.15) is 10.6 Å². The lowest BCUT2D eigenvalue weighted by atomic mass is 10.0. The molecular formula is C20H15Cl2NO3S. The van der Waals surface area contributed by atoms with Crippen LogP contribution in [0.5, 0.6) is 0 Å². The zero-order valence-corrected chi connectivity index (χ0v) is 16.8. The molecule has 1 N–H and O–H groups in total. The summed E-state index contributed by atoms with van der Waals surface area (Å²) in [6.07, 6.45) is 0. The molecule has 27 heavy (non-hydrogen) atoms. The number of nitrogens with one attached hydrogen (secondary N) is 1. The number of rotatable bonds is 4. The predicted molar refractivity (Wildman–Crippen MR) is 110 cm³/mol. The van der Waals surface area contributed by atoms with Crippen molar-refractivity contribution < 1.29 is 14.3 Å². The zero-order chi connectivity index (χ0) is 19.6. The van der Waals surface area contributed by atoms with E-state index in [1.807, 2.05) is 31.2 Å². The molecule has 0 unspecified atom stereocenters. The first-order chi connectivity index (χ1) is 12.9. The van der Waals surface area contributed by atoms with E-state index in [1.165, 1.54) is 18.4 Å². The zero-order valence-electron chi connectivity index (χ0n) is 14.5. The average molecular weight is 420 g/mol. The van der Waals surface area contributed by atoms with Gasteiger partial charge in [-0.3, -0.25) is 4.79 Å². The second-order valence-electron chi connectivity index (χ2n) is 5.76. The highest BCUT2D eigenvalue weighted by atomic mass is 35.5. The number of carbonyl (C=O) groups excluding carboxylic acids is 2. The first-order valence-electron chi connectivity index (χ1n) is 7.94. The molecule has 1 aromatic heterocycles. The van der Waals surface area contributed by atoms with Gasteiger partial charge in [0.25, 0.3) is 5.91 Å². The molecule has 1 amide bonds. The van der Waals surface area contributed by atoms with Gasteiger partial charge in [-0.1, -0.05) is 59.1 Å². The fourth-order valence-electron chi connectivity index (χ4n) is 2.58. The summed E-state index contributed by atoms with van der Waals surface area (Å²) in [4.78, 5) is 25.1. The van der Waals surface area contributed by atoms with Gasteiger partial charge in [0.05, 0.1) is 22.7 Å². The number of carbonyl (C=O) groups is 2. The number of ether oxygens (including phenoxy) is 1. The molecule has 0 bridgehead atoms. The molecule has 0 atom stereocenters. The predicted octanol–water partition coefficient (Wildman–Crippen LogP) is 6.07. The number of esters is 1. The van der Waals surface area contributed by atoms with Gasteiger partial charge >= 0.3 is 5.97 Å². The molecule has 0 aliphatic rings. The van der Waals surface area contributed by atoms with Crippen molar-refractivity contribution in [1.29, 1.82) is 0 Å². The molecule has 138 valence electrons. The van der Waals surface area contributed by atoms with E-state index in [2.05, 4.69) is 5.32 Å². The first-order valence-corrected chi connectivity index (χ1v) is 9.58. The van der Waals surface area contributed by atoms with Crippen molar-refractivity contribution in [3.05, 3.63) is 74.6 Å². The molecule has 3 aromatic rings. The number of thiophene rings is 1. The van der Waals surface area contributed by atoms with Crippen LogP contribution in [0, 0.1) is 6.92 Å². The number of benzene rings is 2. The number of aryl methyl sites for hydroxylation is 1. The van der Waals surface area contributed by atoms with E-state index in [-0.39, 0.29) is 15.6 Å². The Kier molecular flexibility index (Phi) is 5.85. The van der Waals surface area contributed by atoms with E-state index in [1.54, 1.807) is 23.6 Å². The van der Waals surface area contributed by atoms with E-state index < -0.39 is 11.9 Å². The molecule has 0 aliphatic heterocycles. The summed E-state index contributed by atoms with van der Waals surface area (Å²) in [5.41, 5.74) is 3.10. The van der Waals surface area contributed by atoms with Gasteiger partial charge in [0.15, 0.2) is 0 Å². The molecule has 7 heteroatoms. The molecule has 0 saturated carbocycles. The Balaban J connectivity index is 2.02. The molecule has 0 saturated heterocycles. The average Bonchev–Trinajstić information content (AvgIpc) is 3.05. The lowest BCUT2D eigenvalue weighted by Crippen LogP contribution is -2.15. The van der Waals surface area contributed by atoms with Crippen molar-refractivity contribution in [3.8, 4) is 11.1 Å². The van der Waals surface area contributed by atoms with Crippen LogP contribution in [0.1, 0.15) is 26.3 Å². The highest BCUT2D eigenvalue weighted by Crippen LogP contribution is 2.37. The summed E-state index contributed by atoms with van der Waals surface area (Å²) in [6, 6.07) is 12.6. The molecule has 2 aromatic carbocycles. The summed E-state index contributed by atoms with van der Waals surface area (Å²) < 4.78 is 4.92. The van der Waals surface area contributed by atoms with Crippen molar-refractivity contribution >= 4 is 51.4 Å². The van der Waals surface area contributed by atoms with E-state index >= 15 is 0 Å². The van der Waals surface area contributed by atoms with Crippen LogP contribution in [0.4, 0.5) is 5.00 Å². The number of hydrogen-bond acceptors (Lipinski definition) is 4. The van der Waals surface area contributed by atoms with Gasteiger partial charge in [-0.05, 0) is 24.6 Å². The lowest BCUT2D eigenvalue weighted by Gasteiger charge is -2.10. The Morgan fingerprint density at radius 1 is 1.00 bits per heavy atom. The van der Waals surface area contributed by atoms with E-state index in [0.717, 1.165) is 11.1 Å². The van der Waals surface area contributed by atoms with Crippen LogP contribution in [0.25, 0.3) is 11.1 Å². The number of amides is 1. The van der Waals surface area contributed by atoms with Crippen molar-refractivity contribution in [1.82, 2.24) is 0 Å². The molecule has 0 radical (unpaired) electrons. The molecule has 0 spiro atoms. The Labute approximate surface area is 170 Å². The van der Waals surface area contributed by atoms with Crippen LogP contribution in [-0.2, 0) is 4.74 Å². The second kappa shape index (κ2) is 8.13. The smallest absolute Gasteiger partial charge is 0.341 e. The van der Waals surface area contributed by atoms with Crippen LogP contribution in [0.2, 0.25) is 10.0 Å². The van der Waals surface area contributed by atoms with Gasteiger partial charge in [0.2, 0.25) is 0 Å². The van der Waals surface area contributed by atoms with Gasteiger partial charge < -0.3 is 10.1 Å². The fourth-order valence-corrected chi connectivity index (χ4v) is 4.10. The maximum atomic E-state index is 12.7. The highest BCUT2D eigenvalue weighted by molar-refractivity contribution is 7.15. The third kappa shape index (κ3) is 4.00. The molecular weight excluding hydrogens is 405 g/mol. The summed E-state index contributed by atoms with van der Waals surface area (Å²) in [5.74, 6) is -1.03. The Bertz CT molecular complexity index is 992. The minimum atomic E-state index is -0.535. The van der Waals surface area contributed by atoms with Crippen molar-refractivity contribution in [2.24, 2.45) is 0 Å². The van der Waals surface area contributed by atoms with Crippen LogP contribution >= 0.6 is 34.5 Å². The lowest BCUT2D eigenvalue weighted by molar-refractivity contribution is 0.0603. The summed E-state index contributed by atoms with van der Waals surface area (Å²) >= 11 is 13.4. The summed E-state index contributed by atoms with van der Waals surface area (Å²) in [5, 5.41) is 5.38. The Morgan fingerprint density at radius 3 is 2.22 bits per heavy atom. The SMILES string of the molecule is COC(=O)c1c(-c2ccc(C)cc2)csc1NC(=O)c1c(Cl)cccc1Cl. The van der Waals surface area contributed by atoms with Crippen molar-refractivity contribution in [2.45, 2.75) is 6.92 Å². The van der Waals surface area contributed by atoms with Crippen molar-refractivity contribution in [3.63, 3.8) is 0 Å². The van der Waals surface area contributed by atoms with Crippen LogP contribution in [-0.4, -0.2) is 19.0 Å². The topological polar surface area (TPSA) is 55.4 Å². The minimum absolute atomic E-state index is 0.155. The molecule has 0 aliphatic carbocycles. The largest absolute Gasteiger partial charge is 0.465 e. The number of anilines is 1. The molecule has 4 nitrogen and oxygen atoms in total. The molecule has 1 heterocycles. The fraction of sp³-hybridized carbons (Fsp3) is 0.100. The first kappa shape index (κ1) is 19.4. The third-order valence-electron chi connectivity index (χ3n) is 3.96.